The number of rotatable bonds is 7. The second-order valence-corrected chi connectivity index (χ2v) is 7.26. The monoisotopic (exact) mass is 409 g/mol. The average Bonchev–Trinajstić information content (AvgIpc) is 3.15. The van der Waals surface area contributed by atoms with Crippen molar-refractivity contribution in [2.45, 2.75) is 20.0 Å². The van der Waals surface area contributed by atoms with Crippen LogP contribution in [0.1, 0.15) is 19.4 Å². The van der Waals surface area contributed by atoms with Crippen molar-refractivity contribution in [3.8, 4) is 17.0 Å². The molecule has 0 spiro atoms. The second kappa shape index (κ2) is 9.11. The molecule has 8 heteroatoms. The standard InChI is InChI=1S/C21H19N3O4S/c1-14(2)28-18-9-7-16(8-10-18)19-13-29-21(22-19)23-20(25)11-6-15-4-3-5-17(12-15)24(26)27/h3-14H,1-2H3,(H,22,23,25). The maximum atomic E-state index is 12.1. The number of nitro benzene ring substituents is 1. The predicted molar refractivity (Wildman–Crippen MR) is 114 cm³/mol. The Morgan fingerprint density at radius 1 is 1.24 bits per heavy atom. The Morgan fingerprint density at radius 2 is 2.00 bits per heavy atom. The van der Waals surface area contributed by atoms with Crippen molar-refractivity contribution in [2.75, 3.05) is 5.32 Å². The van der Waals surface area contributed by atoms with Crippen LogP contribution in [0.3, 0.4) is 0 Å². The van der Waals surface area contributed by atoms with Crippen LogP contribution in [-0.4, -0.2) is 21.9 Å². The number of carbonyl (C=O) groups excluding carboxylic acids is 1. The molecular weight excluding hydrogens is 390 g/mol. The summed E-state index contributed by atoms with van der Waals surface area (Å²) in [7, 11) is 0. The van der Waals surface area contributed by atoms with Crippen molar-refractivity contribution >= 4 is 34.1 Å². The molecule has 1 aromatic heterocycles. The van der Waals surface area contributed by atoms with Crippen LogP contribution in [0, 0.1) is 10.1 Å². The summed E-state index contributed by atoms with van der Waals surface area (Å²) in [6, 6.07) is 13.7. The second-order valence-electron chi connectivity index (χ2n) is 6.40. The molecule has 7 nitrogen and oxygen atoms in total. The molecule has 2 aromatic carbocycles. The van der Waals surface area contributed by atoms with Gasteiger partial charge < -0.3 is 4.74 Å². The van der Waals surface area contributed by atoms with Crippen molar-refractivity contribution in [3.63, 3.8) is 0 Å². The third-order valence-electron chi connectivity index (χ3n) is 3.76. The summed E-state index contributed by atoms with van der Waals surface area (Å²) in [6.45, 7) is 3.94. The first kappa shape index (κ1) is 20.2. The van der Waals surface area contributed by atoms with E-state index >= 15 is 0 Å². The van der Waals surface area contributed by atoms with Gasteiger partial charge in [0.05, 0.1) is 16.7 Å². The van der Waals surface area contributed by atoms with E-state index in [9.17, 15) is 14.9 Å². The molecule has 1 N–H and O–H groups in total. The number of thiazole rings is 1. The summed E-state index contributed by atoms with van der Waals surface area (Å²) in [5.41, 5.74) is 2.22. The van der Waals surface area contributed by atoms with Gasteiger partial charge in [-0.1, -0.05) is 12.1 Å². The first-order valence-corrected chi connectivity index (χ1v) is 9.75. The third kappa shape index (κ3) is 5.73. The van der Waals surface area contributed by atoms with Crippen molar-refractivity contribution in [3.05, 3.63) is 75.7 Å². The minimum absolute atomic E-state index is 0.0260. The van der Waals surface area contributed by atoms with Gasteiger partial charge in [-0.25, -0.2) is 4.98 Å². The van der Waals surface area contributed by atoms with Crippen LogP contribution in [0.2, 0.25) is 0 Å². The molecule has 0 bridgehead atoms. The van der Waals surface area contributed by atoms with Gasteiger partial charge in [-0.3, -0.25) is 20.2 Å². The maximum absolute atomic E-state index is 12.1. The summed E-state index contributed by atoms with van der Waals surface area (Å²) >= 11 is 1.32. The molecule has 0 atom stereocenters. The quantitative estimate of drug-likeness (QED) is 0.330. The van der Waals surface area contributed by atoms with Crippen LogP contribution >= 0.6 is 11.3 Å². The van der Waals surface area contributed by atoms with E-state index in [1.54, 1.807) is 12.1 Å². The van der Waals surface area contributed by atoms with Crippen molar-refractivity contribution < 1.29 is 14.5 Å². The molecule has 0 aliphatic carbocycles. The zero-order valence-electron chi connectivity index (χ0n) is 15.9. The van der Waals surface area contributed by atoms with Crippen LogP contribution in [0.4, 0.5) is 10.8 Å². The van der Waals surface area contributed by atoms with E-state index in [1.807, 2.05) is 43.5 Å². The molecule has 0 saturated heterocycles. The summed E-state index contributed by atoms with van der Waals surface area (Å²) < 4.78 is 5.63. The summed E-state index contributed by atoms with van der Waals surface area (Å²) in [4.78, 5) is 26.9. The largest absolute Gasteiger partial charge is 0.491 e. The molecule has 29 heavy (non-hydrogen) atoms. The van der Waals surface area contributed by atoms with Crippen LogP contribution in [-0.2, 0) is 4.79 Å². The number of benzene rings is 2. The van der Waals surface area contributed by atoms with Gasteiger partial charge in [0.15, 0.2) is 5.13 Å². The lowest BCUT2D eigenvalue weighted by atomic mass is 10.2. The van der Waals surface area contributed by atoms with Gasteiger partial charge in [0.1, 0.15) is 5.75 Å². The number of non-ortho nitro benzene ring substituents is 1. The highest BCUT2D eigenvalue weighted by molar-refractivity contribution is 7.14. The first-order valence-electron chi connectivity index (χ1n) is 8.87. The molecule has 1 amide bonds. The van der Waals surface area contributed by atoms with Crippen LogP contribution in [0.15, 0.2) is 60.0 Å². The zero-order chi connectivity index (χ0) is 20.8. The Kier molecular flexibility index (Phi) is 6.36. The number of carbonyl (C=O) groups is 1. The summed E-state index contributed by atoms with van der Waals surface area (Å²) in [6.07, 6.45) is 2.94. The van der Waals surface area contributed by atoms with Crippen molar-refractivity contribution in [1.29, 1.82) is 0 Å². The number of hydrogen-bond acceptors (Lipinski definition) is 6. The van der Waals surface area contributed by atoms with Gasteiger partial charge in [0, 0.05) is 29.2 Å². The lowest BCUT2D eigenvalue weighted by molar-refractivity contribution is -0.384. The van der Waals surface area contributed by atoms with Crippen LogP contribution in [0.25, 0.3) is 17.3 Å². The van der Waals surface area contributed by atoms with E-state index in [-0.39, 0.29) is 17.7 Å². The number of aromatic nitrogens is 1. The van der Waals surface area contributed by atoms with E-state index in [0.29, 0.717) is 10.7 Å². The number of hydrogen-bond donors (Lipinski definition) is 1. The van der Waals surface area contributed by atoms with Gasteiger partial charge >= 0.3 is 0 Å². The highest BCUT2D eigenvalue weighted by Crippen LogP contribution is 2.27. The van der Waals surface area contributed by atoms with E-state index in [2.05, 4.69) is 10.3 Å². The SMILES string of the molecule is CC(C)Oc1ccc(-c2csc(NC(=O)C=Cc3cccc([N+](=O)[O-])c3)n2)cc1. The fourth-order valence-electron chi connectivity index (χ4n) is 2.50. The number of amides is 1. The molecule has 0 aliphatic heterocycles. The van der Waals surface area contributed by atoms with E-state index in [4.69, 9.17) is 4.74 Å². The Balaban J connectivity index is 1.63. The molecule has 0 unspecified atom stereocenters. The van der Waals surface area contributed by atoms with Gasteiger partial charge in [-0.2, -0.15) is 0 Å². The molecule has 3 aromatic rings. The number of nitrogens with zero attached hydrogens (tertiary/aromatic N) is 2. The maximum Gasteiger partial charge on any atom is 0.270 e. The molecule has 0 saturated carbocycles. The average molecular weight is 409 g/mol. The normalized spacial score (nSPS) is 11.0. The zero-order valence-corrected chi connectivity index (χ0v) is 16.7. The minimum atomic E-state index is -0.476. The fraction of sp³-hybridized carbons (Fsp3) is 0.143. The van der Waals surface area contributed by atoms with Gasteiger partial charge in [-0.05, 0) is 49.8 Å². The number of anilines is 1. The van der Waals surface area contributed by atoms with Crippen molar-refractivity contribution in [2.24, 2.45) is 0 Å². The Hall–Kier alpha value is -3.52. The Morgan fingerprint density at radius 3 is 2.69 bits per heavy atom. The van der Waals surface area contributed by atoms with Crippen LogP contribution < -0.4 is 10.1 Å². The molecule has 1 heterocycles. The molecule has 0 radical (unpaired) electrons. The summed E-state index contributed by atoms with van der Waals surface area (Å²) in [5.74, 6) is 0.428. The number of ether oxygens (including phenoxy) is 1. The highest BCUT2D eigenvalue weighted by atomic mass is 32.1. The van der Waals surface area contributed by atoms with Gasteiger partial charge in [-0.15, -0.1) is 11.3 Å². The van der Waals surface area contributed by atoms with Crippen LogP contribution in [0.5, 0.6) is 5.75 Å². The topological polar surface area (TPSA) is 94.4 Å². The third-order valence-corrected chi connectivity index (χ3v) is 4.52. The van der Waals surface area contributed by atoms with Gasteiger partial charge in [0.25, 0.3) is 5.69 Å². The predicted octanol–water partition coefficient (Wildman–Crippen LogP) is 5.16. The van der Waals surface area contributed by atoms with Gasteiger partial charge in [0.2, 0.25) is 5.91 Å². The highest BCUT2D eigenvalue weighted by Gasteiger charge is 2.08. The molecule has 0 aliphatic rings. The molecular formula is C21H19N3O4S. The molecule has 3 rings (SSSR count). The molecule has 148 valence electrons. The number of nitro groups is 1. The van der Waals surface area contributed by atoms with E-state index < -0.39 is 4.92 Å². The number of nitrogens with one attached hydrogen (secondary N) is 1. The van der Waals surface area contributed by atoms with E-state index in [1.165, 1.54) is 35.6 Å². The Labute approximate surface area is 171 Å². The lowest BCUT2D eigenvalue weighted by Gasteiger charge is -2.09. The fourth-order valence-corrected chi connectivity index (χ4v) is 3.22. The summed E-state index contributed by atoms with van der Waals surface area (Å²) in [5, 5.41) is 15.8. The lowest BCUT2D eigenvalue weighted by Crippen LogP contribution is -2.07. The minimum Gasteiger partial charge on any atom is -0.491 e. The molecule has 0 fully saturated rings. The van der Waals surface area contributed by atoms with Crippen molar-refractivity contribution in [1.82, 2.24) is 4.98 Å². The Bertz CT molecular complexity index is 1040. The van der Waals surface area contributed by atoms with E-state index in [0.717, 1.165) is 17.0 Å². The smallest absolute Gasteiger partial charge is 0.270 e. The first-order chi connectivity index (χ1) is 13.9.